The summed E-state index contributed by atoms with van der Waals surface area (Å²) in [7, 11) is 1.53. The van der Waals surface area contributed by atoms with Gasteiger partial charge in [0.1, 0.15) is 16.4 Å². The fourth-order valence-electron chi connectivity index (χ4n) is 1.32. The van der Waals surface area contributed by atoms with E-state index in [4.69, 9.17) is 5.11 Å². The van der Waals surface area contributed by atoms with Gasteiger partial charge in [0.15, 0.2) is 0 Å². The molecule has 0 radical (unpaired) electrons. The molecule has 7 heteroatoms. The lowest BCUT2D eigenvalue weighted by molar-refractivity contribution is -0.118. The van der Waals surface area contributed by atoms with Gasteiger partial charge in [0.2, 0.25) is 5.91 Å². The molecule has 98 valence electrons. The maximum atomic E-state index is 11.2. The Hall–Kier alpha value is -1.63. The van der Waals surface area contributed by atoms with E-state index in [0.29, 0.717) is 23.0 Å². The minimum absolute atomic E-state index is 0.0705. The van der Waals surface area contributed by atoms with Crippen LogP contribution in [-0.2, 0) is 11.2 Å². The van der Waals surface area contributed by atoms with Crippen molar-refractivity contribution in [3.63, 3.8) is 0 Å². The van der Waals surface area contributed by atoms with Gasteiger partial charge in [-0.3, -0.25) is 4.79 Å². The van der Waals surface area contributed by atoms with Crippen LogP contribution in [0.4, 0.5) is 0 Å². The molecule has 1 rings (SSSR count). The molecule has 1 aromatic heterocycles. The summed E-state index contributed by atoms with van der Waals surface area (Å²) < 4.78 is 0. The average molecular weight is 269 g/mol. The summed E-state index contributed by atoms with van der Waals surface area (Å²) in [5.41, 5.74) is 0.495. The third-order valence-electron chi connectivity index (χ3n) is 2.25. The van der Waals surface area contributed by atoms with Crippen molar-refractivity contribution in [1.82, 2.24) is 15.3 Å². The van der Waals surface area contributed by atoms with Crippen molar-refractivity contribution >= 4 is 23.6 Å². The normalized spacial score (nSPS) is 10.2. The van der Waals surface area contributed by atoms with E-state index in [0.717, 1.165) is 11.8 Å². The number of amides is 1. The Labute approximate surface area is 109 Å². The molecular formula is C11H15N3O3S. The SMILES string of the molecule is CCc1nc(C)c(C(=O)O)c(SCC(=O)NC)n1. The predicted octanol–water partition coefficient (Wildman–Crippen LogP) is 0.884. The van der Waals surface area contributed by atoms with E-state index in [9.17, 15) is 9.59 Å². The van der Waals surface area contributed by atoms with E-state index in [1.54, 1.807) is 6.92 Å². The minimum atomic E-state index is -1.07. The van der Waals surface area contributed by atoms with Crippen LogP contribution in [0.3, 0.4) is 0 Å². The summed E-state index contributed by atoms with van der Waals surface area (Å²) in [5.74, 6) is -0.534. The van der Waals surface area contributed by atoms with E-state index in [1.807, 2.05) is 6.92 Å². The molecule has 0 atom stereocenters. The Kier molecular flexibility index (Phi) is 5.08. The number of aromatic nitrogens is 2. The van der Waals surface area contributed by atoms with Crippen molar-refractivity contribution in [3.8, 4) is 0 Å². The van der Waals surface area contributed by atoms with E-state index < -0.39 is 5.97 Å². The highest BCUT2D eigenvalue weighted by Crippen LogP contribution is 2.22. The average Bonchev–Trinajstić information content (AvgIpc) is 2.34. The predicted molar refractivity (Wildman–Crippen MR) is 67.9 cm³/mol. The van der Waals surface area contributed by atoms with Gasteiger partial charge in [0.05, 0.1) is 11.4 Å². The van der Waals surface area contributed by atoms with Crippen LogP contribution in [0.15, 0.2) is 5.03 Å². The third kappa shape index (κ3) is 3.43. The zero-order chi connectivity index (χ0) is 13.7. The summed E-state index contributed by atoms with van der Waals surface area (Å²) in [4.78, 5) is 30.6. The Balaban J connectivity index is 3.09. The monoisotopic (exact) mass is 269 g/mol. The number of hydrogen-bond acceptors (Lipinski definition) is 5. The van der Waals surface area contributed by atoms with Crippen LogP contribution in [0.1, 0.15) is 28.8 Å². The minimum Gasteiger partial charge on any atom is -0.478 e. The van der Waals surface area contributed by atoms with Crippen molar-refractivity contribution in [1.29, 1.82) is 0 Å². The first-order chi connectivity index (χ1) is 8.49. The molecule has 1 amide bonds. The molecule has 0 bridgehead atoms. The fourth-order valence-corrected chi connectivity index (χ4v) is 2.28. The van der Waals surface area contributed by atoms with Gasteiger partial charge in [0.25, 0.3) is 0 Å². The number of carboxylic acids is 1. The van der Waals surface area contributed by atoms with E-state index >= 15 is 0 Å². The second-order valence-electron chi connectivity index (χ2n) is 3.53. The maximum absolute atomic E-state index is 11.2. The fraction of sp³-hybridized carbons (Fsp3) is 0.455. The number of carbonyl (C=O) groups is 2. The lowest BCUT2D eigenvalue weighted by atomic mass is 10.2. The summed E-state index contributed by atoms with van der Waals surface area (Å²) in [5, 5.41) is 12.0. The summed E-state index contributed by atoms with van der Waals surface area (Å²) in [6.07, 6.45) is 0.619. The van der Waals surface area contributed by atoms with Crippen LogP contribution in [0, 0.1) is 6.92 Å². The Morgan fingerprint density at radius 3 is 2.56 bits per heavy atom. The third-order valence-corrected chi connectivity index (χ3v) is 3.23. The van der Waals surface area contributed by atoms with Crippen LogP contribution < -0.4 is 5.32 Å². The molecule has 0 spiro atoms. The number of carboxylic acid groups (broad SMARTS) is 1. The Morgan fingerprint density at radius 1 is 1.39 bits per heavy atom. The second-order valence-corrected chi connectivity index (χ2v) is 4.49. The Bertz CT molecular complexity index is 477. The summed E-state index contributed by atoms with van der Waals surface area (Å²) in [6.45, 7) is 3.52. The van der Waals surface area contributed by atoms with Crippen LogP contribution >= 0.6 is 11.8 Å². The zero-order valence-electron chi connectivity index (χ0n) is 10.5. The highest BCUT2D eigenvalue weighted by atomic mass is 32.2. The molecule has 0 unspecified atom stereocenters. The molecule has 0 aliphatic carbocycles. The molecule has 0 saturated carbocycles. The van der Waals surface area contributed by atoms with Gasteiger partial charge < -0.3 is 10.4 Å². The Morgan fingerprint density at radius 2 is 2.06 bits per heavy atom. The molecule has 6 nitrogen and oxygen atoms in total. The van der Waals surface area contributed by atoms with Crippen molar-refractivity contribution in [2.24, 2.45) is 0 Å². The van der Waals surface area contributed by atoms with Crippen LogP contribution in [0.25, 0.3) is 0 Å². The van der Waals surface area contributed by atoms with Crippen molar-refractivity contribution in [3.05, 3.63) is 17.1 Å². The van der Waals surface area contributed by atoms with Crippen LogP contribution in [-0.4, -0.2) is 39.8 Å². The molecular weight excluding hydrogens is 254 g/mol. The highest BCUT2D eigenvalue weighted by molar-refractivity contribution is 8.00. The van der Waals surface area contributed by atoms with Crippen molar-refractivity contribution in [2.45, 2.75) is 25.3 Å². The van der Waals surface area contributed by atoms with E-state index in [1.165, 1.54) is 7.05 Å². The van der Waals surface area contributed by atoms with Crippen molar-refractivity contribution in [2.75, 3.05) is 12.8 Å². The number of nitrogens with one attached hydrogen (secondary N) is 1. The van der Waals surface area contributed by atoms with Gasteiger partial charge >= 0.3 is 5.97 Å². The number of rotatable bonds is 5. The number of aryl methyl sites for hydroxylation is 2. The lowest BCUT2D eigenvalue weighted by Crippen LogP contribution is -2.20. The molecule has 0 aliphatic rings. The summed E-state index contributed by atoms with van der Waals surface area (Å²) >= 11 is 1.11. The van der Waals surface area contributed by atoms with Gasteiger partial charge in [-0.15, -0.1) is 0 Å². The van der Waals surface area contributed by atoms with E-state index in [-0.39, 0.29) is 17.2 Å². The topological polar surface area (TPSA) is 92.2 Å². The molecule has 0 fully saturated rings. The summed E-state index contributed by atoms with van der Waals surface area (Å²) in [6, 6.07) is 0. The zero-order valence-corrected chi connectivity index (χ0v) is 11.3. The van der Waals surface area contributed by atoms with Crippen LogP contribution in [0.5, 0.6) is 0 Å². The second kappa shape index (κ2) is 6.34. The molecule has 0 aliphatic heterocycles. The van der Waals surface area contributed by atoms with Crippen LogP contribution in [0.2, 0.25) is 0 Å². The molecule has 0 saturated heterocycles. The molecule has 18 heavy (non-hydrogen) atoms. The standard InChI is InChI=1S/C11H15N3O3S/c1-4-7-13-6(2)9(11(16)17)10(14-7)18-5-8(15)12-3/h4-5H2,1-3H3,(H,12,15)(H,16,17). The van der Waals surface area contributed by atoms with E-state index in [2.05, 4.69) is 15.3 Å². The maximum Gasteiger partial charge on any atom is 0.340 e. The highest BCUT2D eigenvalue weighted by Gasteiger charge is 2.18. The number of nitrogens with zero attached hydrogens (tertiary/aromatic N) is 2. The molecule has 0 aromatic carbocycles. The van der Waals surface area contributed by atoms with Gasteiger partial charge in [-0.1, -0.05) is 18.7 Å². The van der Waals surface area contributed by atoms with Crippen molar-refractivity contribution < 1.29 is 14.7 Å². The molecule has 1 heterocycles. The number of hydrogen-bond donors (Lipinski definition) is 2. The first kappa shape index (κ1) is 14.4. The lowest BCUT2D eigenvalue weighted by Gasteiger charge is -2.08. The van der Waals surface area contributed by atoms with Gasteiger partial charge in [-0.05, 0) is 6.92 Å². The number of aromatic carboxylic acids is 1. The van der Waals surface area contributed by atoms with Gasteiger partial charge in [-0.2, -0.15) is 0 Å². The number of thioether (sulfide) groups is 1. The van der Waals surface area contributed by atoms with Gasteiger partial charge in [0, 0.05) is 13.5 Å². The largest absolute Gasteiger partial charge is 0.478 e. The molecule has 2 N–H and O–H groups in total. The number of carbonyl (C=O) groups excluding carboxylic acids is 1. The molecule has 1 aromatic rings. The first-order valence-corrected chi connectivity index (χ1v) is 6.42. The quantitative estimate of drug-likeness (QED) is 0.609. The smallest absolute Gasteiger partial charge is 0.340 e. The first-order valence-electron chi connectivity index (χ1n) is 5.43. The van der Waals surface area contributed by atoms with Gasteiger partial charge in [-0.25, -0.2) is 14.8 Å².